The van der Waals surface area contributed by atoms with Gasteiger partial charge in [-0.3, -0.25) is 0 Å². The average Bonchev–Trinajstić information content (AvgIpc) is 2.38. The molecule has 0 spiro atoms. The fraction of sp³-hybridized carbons (Fsp3) is 0.533. The van der Waals surface area contributed by atoms with Crippen LogP contribution in [0.4, 0.5) is 0 Å². The van der Waals surface area contributed by atoms with Crippen molar-refractivity contribution in [3.63, 3.8) is 0 Å². The maximum absolute atomic E-state index is 10.7. The lowest BCUT2D eigenvalue weighted by atomic mass is 10.1. The monoisotopic (exact) mass is 266 g/mol. The van der Waals surface area contributed by atoms with Crippen molar-refractivity contribution >= 4 is 5.97 Å². The summed E-state index contributed by atoms with van der Waals surface area (Å²) in [6.45, 7) is 6.19. The van der Waals surface area contributed by atoms with E-state index >= 15 is 0 Å². The molecule has 4 heteroatoms. The molecule has 0 aliphatic carbocycles. The zero-order valence-corrected chi connectivity index (χ0v) is 11.6. The van der Waals surface area contributed by atoms with E-state index in [2.05, 4.69) is 13.8 Å². The summed E-state index contributed by atoms with van der Waals surface area (Å²) < 4.78 is 10.9. The minimum absolute atomic E-state index is 0.261. The first-order valence-electron chi connectivity index (χ1n) is 6.63. The van der Waals surface area contributed by atoms with Gasteiger partial charge in [0.1, 0.15) is 12.4 Å². The second kappa shape index (κ2) is 8.53. The van der Waals surface area contributed by atoms with Gasteiger partial charge in [0, 0.05) is 6.61 Å². The topological polar surface area (TPSA) is 55.8 Å². The Bertz CT molecular complexity index is 370. The molecule has 0 saturated carbocycles. The Hall–Kier alpha value is -1.55. The first-order valence-corrected chi connectivity index (χ1v) is 6.63. The van der Waals surface area contributed by atoms with Crippen LogP contribution in [0, 0.1) is 5.92 Å². The van der Waals surface area contributed by atoms with Gasteiger partial charge in [0.15, 0.2) is 0 Å². The minimum atomic E-state index is -0.931. The Morgan fingerprint density at radius 1 is 1.16 bits per heavy atom. The van der Waals surface area contributed by atoms with Gasteiger partial charge in [-0.2, -0.15) is 0 Å². The third-order valence-electron chi connectivity index (χ3n) is 2.67. The van der Waals surface area contributed by atoms with Crippen LogP contribution in [0.25, 0.3) is 0 Å². The van der Waals surface area contributed by atoms with Crippen LogP contribution < -0.4 is 4.74 Å². The van der Waals surface area contributed by atoms with Crippen molar-refractivity contribution in [2.24, 2.45) is 5.92 Å². The van der Waals surface area contributed by atoms with Crippen LogP contribution in [0.2, 0.25) is 0 Å². The molecule has 1 aromatic carbocycles. The maximum atomic E-state index is 10.7. The molecule has 0 amide bonds. The van der Waals surface area contributed by atoms with E-state index < -0.39 is 5.97 Å². The van der Waals surface area contributed by atoms with Crippen LogP contribution in [0.1, 0.15) is 37.0 Å². The van der Waals surface area contributed by atoms with E-state index in [1.54, 1.807) is 12.1 Å². The molecule has 4 nitrogen and oxygen atoms in total. The molecular weight excluding hydrogens is 244 g/mol. The lowest BCUT2D eigenvalue weighted by Gasteiger charge is -2.08. The van der Waals surface area contributed by atoms with Gasteiger partial charge in [0.25, 0.3) is 0 Å². The number of benzene rings is 1. The molecule has 0 atom stereocenters. The van der Waals surface area contributed by atoms with Crippen molar-refractivity contribution in [2.45, 2.75) is 26.7 Å². The third kappa shape index (κ3) is 6.82. The molecule has 19 heavy (non-hydrogen) atoms. The molecule has 0 aromatic heterocycles. The number of aromatic carboxylic acids is 1. The Balaban J connectivity index is 2.11. The van der Waals surface area contributed by atoms with Gasteiger partial charge < -0.3 is 14.6 Å². The van der Waals surface area contributed by atoms with Gasteiger partial charge in [-0.1, -0.05) is 13.8 Å². The Labute approximate surface area is 114 Å². The molecule has 0 saturated heterocycles. The van der Waals surface area contributed by atoms with Crippen LogP contribution in [0.5, 0.6) is 5.75 Å². The standard InChI is InChI=1S/C15H22O4/c1-12(2)4-3-9-18-10-11-19-14-7-5-13(6-8-14)15(16)17/h5-8,12H,3-4,9-11H2,1-2H3,(H,16,17). The number of rotatable bonds is 9. The van der Waals surface area contributed by atoms with Crippen molar-refractivity contribution < 1.29 is 19.4 Å². The summed E-state index contributed by atoms with van der Waals surface area (Å²) in [6, 6.07) is 6.37. The number of carboxylic acid groups (broad SMARTS) is 1. The van der Waals surface area contributed by atoms with Gasteiger partial charge in [0.05, 0.1) is 12.2 Å². The highest BCUT2D eigenvalue weighted by Gasteiger charge is 2.01. The largest absolute Gasteiger partial charge is 0.491 e. The highest BCUT2D eigenvalue weighted by molar-refractivity contribution is 5.87. The summed E-state index contributed by atoms with van der Waals surface area (Å²) in [4.78, 5) is 10.7. The summed E-state index contributed by atoms with van der Waals surface area (Å²) in [5.41, 5.74) is 0.261. The average molecular weight is 266 g/mol. The molecule has 1 N–H and O–H groups in total. The highest BCUT2D eigenvalue weighted by atomic mass is 16.5. The van der Waals surface area contributed by atoms with Gasteiger partial charge in [0.2, 0.25) is 0 Å². The van der Waals surface area contributed by atoms with Crippen LogP contribution in [-0.4, -0.2) is 30.9 Å². The predicted octanol–water partition coefficient (Wildman–Crippen LogP) is 3.22. The predicted molar refractivity (Wildman–Crippen MR) is 73.8 cm³/mol. The first kappa shape index (κ1) is 15.5. The number of carboxylic acids is 1. The van der Waals surface area contributed by atoms with Gasteiger partial charge in [-0.15, -0.1) is 0 Å². The normalized spacial score (nSPS) is 10.7. The molecule has 0 radical (unpaired) electrons. The second-order valence-electron chi connectivity index (χ2n) is 4.83. The smallest absolute Gasteiger partial charge is 0.335 e. The number of hydrogen-bond donors (Lipinski definition) is 1. The zero-order valence-electron chi connectivity index (χ0n) is 11.6. The molecule has 1 rings (SSSR count). The fourth-order valence-corrected chi connectivity index (χ4v) is 1.61. The van der Waals surface area contributed by atoms with Crippen molar-refractivity contribution in [1.29, 1.82) is 0 Å². The summed E-state index contributed by atoms with van der Waals surface area (Å²) in [6.07, 6.45) is 2.25. The molecule has 106 valence electrons. The summed E-state index contributed by atoms with van der Waals surface area (Å²) in [5.74, 6) is 0.448. The van der Waals surface area contributed by atoms with E-state index in [0.717, 1.165) is 13.0 Å². The van der Waals surface area contributed by atoms with Crippen molar-refractivity contribution in [1.82, 2.24) is 0 Å². The first-order chi connectivity index (χ1) is 9.09. The molecule has 0 fully saturated rings. The number of carbonyl (C=O) groups is 1. The fourth-order valence-electron chi connectivity index (χ4n) is 1.61. The lowest BCUT2D eigenvalue weighted by molar-refractivity contribution is 0.0696. The van der Waals surface area contributed by atoms with E-state index in [1.807, 2.05) is 0 Å². The molecule has 1 aromatic rings. The maximum Gasteiger partial charge on any atom is 0.335 e. The summed E-state index contributed by atoms with van der Waals surface area (Å²) >= 11 is 0. The molecular formula is C15H22O4. The molecule has 0 aliphatic rings. The summed E-state index contributed by atoms with van der Waals surface area (Å²) in [5, 5.41) is 8.75. The van der Waals surface area contributed by atoms with Crippen molar-refractivity contribution in [3.05, 3.63) is 29.8 Å². The Kier molecular flexibility index (Phi) is 6.97. The highest BCUT2D eigenvalue weighted by Crippen LogP contribution is 2.12. The van der Waals surface area contributed by atoms with E-state index in [4.69, 9.17) is 14.6 Å². The van der Waals surface area contributed by atoms with Crippen LogP contribution in [0.3, 0.4) is 0 Å². The van der Waals surface area contributed by atoms with E-state index in [1.165, 1.54) is 18.6 Å². The zero-order chi connectivity index (χ0) is 14.1. The van der Waals surface area contributed by atoms with Gasteiger partial charge in [-0.25, -0.2) is 4.79 Å². The second-order valence-corrected chi connectivity index (χ2v) is 4.83. The van der Waals surface area contributed by atoms with E-state index in [-0.39, 0.29) is 5.56 Å². The Morgan fingerprint density at radius 3 is 2.42 bits per heavy atom. The Morgan fingerprint density at radius 2 is 1.84 bits per heavy atom. The van der Waals surface area contributed by atoms with Gasteiger partial charge >= 0.3 is 5.97 Å². The van der Waals surface area contributed by atoms with Crippen LogP contribution >= 0.6 is 0 Å². The minimum Gasteiger partial charge on any atom is -0.491 e. The lowest BCUT2D eigenvalue weighted by Crippen LogP contribution is -2.08. The molecule has 0 aliphatic heterocycles. The summed E-state index contributed by atoms with van der Waals surface area (Å²) in [7, 11) is 0. The number of hydrogen-bond acceptors (Lipinski definition) is 3. The molecule has 0 unspecified atom stereocenters. The van der Waals surface area contributed by atoms with Crippen LogP contribution in [-0.2, 0) is 4.74 Å². The SMILES string of the molecule is CC(C)CCCOCCOc1ccc(C(=O)O)cc1. The van der Waals surface area contributed by atoms with Crippen molar-refractivity contribution in [2.75, 3.05) is 19.8 Å². The molecule has 0 heterocycles. The van der Waals surface area contributed by atoms with Crippen molar-refractivity contribution in [3.8, 4) is 5.75 Å². The van der Waals surface area contributed by atoms with Crippen LogP contribution in [0.15, 0.2) is 24.3 Å². The quantitative estimate of drug-likeness (QED) is 0.697. The van der Waals surface area contributed by atoms with E-state index in [9.17, 15) is 4.79 Å². The van der Waals surface area contributed by atoms with Gasteiger partial charge in [-0.05, 0) is 43.0 Å². The van der Waals surface area contributed by atoms with E-state index in [0.29, 0.717) is 24.9 Å². The third-order valence-corrected chi connectivity index (χ3v) is 2.67. The molecule has 0 bridgehead atoms. The number of ether oxygens (including phenoxy) is 2.